The minimum absolute atomic E-state index is 0.00717. The van der Waals surface area contributed by atoms with E-state index in [1.807, 2.05) is 59.2 Å². The van der Waals surface area contributed by atoms with Gasteiger partial charge in [-0.1, -0.05) is 60.7 Å². The molecule has 4 nitrogen and oxygen atoms in total. The van der Waals surface area contributed by atoms with Crippen molar-refractivity contribution in [2.24, 2.45) is 0 Å². The molecule has 4 heteroatoms. The van der Waals surface area contributed by atoms with Gasteiger partial charge in [-0.05, 0) is 28.8 Å². The summed E-state index contributed by atoms with van der Waals surface area (Å²) in [6.45, 7) is 0.481. The molecular formula is C22H19N3O. The van der Waals surface area contributed by atoms with Crippen molar-refractivity contribution in [3.8, 4) is 11.1 Å². The molecule has 2 aromatic heterocycles. The molecule has 26 heavy (non-hydrogen) atoms. The summed E-state index contributed by atoms with van der Waals surface area (Å²) in [7, 11) is 0. The van der Waals surface area contributed by atoms with E-state index >= 15 is 0 Å². The predicted molar refractivity (Wildman–Crippen MR) is 103 cm³/mol. The zero-order valence-corrected chi connectivity index (χ0v) is 14.3. The zero-order chi connectivity index (χ0) is 17.8. The molecule has 0 bridgehead atoms. The Balaban J connectivity index is 1.37. The van der Waals surface area contributed by atoms with Crippen LogP contribution in [-0.4, -0.2) is 15.5 Å². The Kier molecular flexibility index (Phi) is 4.48. The Hall–Kier alpha value is -3.40. The summed E-state index contributed by atoms with van der Waals surface area (Å²) in [4.78, 5) is 12.3. The Bertz CT molecular complexity index is 1020. The quantitative estimate of drug-likeness (QED) is 0.599. The second-order valence-corrected chi connectivity index (χ2v) is 6.22. The van der Waals surface area contributed by atoms with E-state index in [0.717, 1.165) is 22.2 Å². The first kappa shape index (κ1) is 16.1. The SMILES string of the molecule is O=C(Cc1ccc(-c2ccccc2)cc1)NCc1cnn2ccccc12. The van der Waals surface area contributed by atoms with E-state index in [0.29, 0.717) is 13.0 Å². The highest BCUT2D eigenvalue weighted by molar-refractivity contribution is 5.79. The number of nitrogens with zero attached hydrogens (tertiary/aromatic N) is 2. The highest BCUT2D eigenvalue weighted by Gasteiger charge is 2.07. The number of fused-ring (bicyclic) bond motifs is 1. The Morgan fingerprint density at radius 2 is 1.62 bits per heavy atom. The number of nitrogens with one attached hydrogen (secondary N) is 1. The van der Waals surface area contributed by atoms with E-state index in [9.17, 15) is 4.79 Å². The molecule has 4 aromatic rings. The molecule has 0 fully saturated rings. The minimum Gasteiger partial charge on any atom is -0.352 e. The van der Waals surface area contributed by atoms with Crippen molar-refractivity contribution in [2.45, 2.75) is 13.0 Å². The maximum atomic E-state index is 12.3. The van der Waals surface area contributed by atoms with Crippen LogP contribution < -0.4 is 5.32 Å². The number of aromatic nitrogens is 2. The third-order valence-electron chi connectivity index (χ3n) is 4.41. The second-order valence-electron chi connectivity index (χ2n) is 6.22. The summed E-state index contributed by atoms with van der Waals surface area (Å²) in [5, 5.41) is 7.26. The molecule has 0 unspecified atom stereocenters. The largest absolute Gasteiger partial charge is 0.352 e. The van der Waals surface area contributed by atoms with E-state index in [1.54, 1.807) is 6.20 Å². The number of carbonyl (C=O) groups excluding carboxylic acids is 1. The van der Waals surface area contributed by atoms with Crippen LogP contribution in [0.5, 0.6) is 0 Å². The summed E-state index contributed by atoms with van der Waals surface area (Å²) in [6, 6.07) is 24.3. The van der Waals surface area contributed by atoms with Crippen LogP contribution in [0.15, 0.2) is 85.2 Å². The van der Waals surface area contributed by atoms with Crippen LogP contribution in [0.2, 0.25) is 0 Å². The molecule has 0 aliphatic rings. The van der Waals surface area contributed by atoms with Crippen LogP contribution in [0.4, 0.5) is 0 Å². The van der Waals surface area contributed by atoms with Gasteiger partial charge in [0.25, 0.3) is 0 Å². The van der Waals surface area contributed by atoms with E-state index in [4.69, 9.17) is 0 Å². The lowest BCUT2D eigenvalue weighted by Gasteiger charge is -2.06. The van der Waals surface area contributed by atoms with Crippen molar-refractivity contribution in [3.05, 3.63) is 96.3 Å². The van der Waals surface area contributed by atoms with Gasteiger partial charge in [-0.3, -0.25) is 4.79 Å². The first-order valence-corrected chi connectivity index (χ1v) is 8.62. The number of amides is 1. The number of pyridine rings is 1. The average molecular weight is 341 g/mol. The Morgan fingerprint density at radius 1 is 0.885 bits per heavy atom. The lowest BCUT2D eigenvalue weighted by molar-refractivity contribution is -0.120. The molecule has 2 heterocycles. The third-order valence-corrected chi connectivity index (χ3v) is 4.41. The molecule has 2 aromatic carbocycles. The number of hydrogen-bond acceptors (Lipinski definition) is 2. The zero-order valence-electron chi connectivity index (χ0n) is 14.3. The van der Waals surface area contributed by atoms with Crippen molar-refractivity contribution >= 4 is 11.4 Å². The van der Waals surface area contributed by atoms with Crippen LogP contribution in [0.25, 0.3) is 16.6 Å². The summed E-state index contributed by atoms with van der Waals surface area (Å²) < 4.78 is 1.81. The number of carbonyl (C=O) groups is 1. The first-order chi connectivity index (χ1) is 12.8. The standard InChI is InChI=1S/C22H19N3O/c26-22(23-15-20-16-24-25-13-5-4-8-21(20)25)14-17-9-11-19(12-10-17)18-6-2-1-3-7-18/h1-13,16H,14-15H2,(H,23,26). The Morgan fingerprint density at radius 3 is 2.42 bits per heavy atom. The molecule has 1 amide bonds. The number of hydrogen-bond donors (Lipinski definition) is 1. The molecule has 0 saturated carbocycles. The average Bonchev–Trinajstić information content (AvgIpc) is 3.11. The van der Waals surface area contributed by atoms with Gasteiger partial charge >= 0.3 is 0 Å². The van der Waals surface area contributed by atoms with E-state index in [1.165, 1.54) is 5.56 Å². The van der Waals surface area contributed by atoms with Crippen LogP contribution in [0, 0.1) is 0 Å². The first-order valence-electron chi connectivity index (χ1n) is 8.62. The summed E-state index contributed by atoms with van der Waals surface area (Å²) in [6.07, 6.45) is 4.06. The molecule has 0 aliphatic heterocycles. The highest BCUT2D eigenvalue weighted by atomic mass is 16.1. The fourth-order valence-electron chi connectivity index (χ4n) is 3.01. The van der Waals surface area contributed by atoms with Gasteiger partial charge in [-0.2, -0.15) is 5.10 Å². The van der Waals surface area contributed by atoms with Gasteiger partial charge in [0, 0.05) is 18.3 Å². The molecule has 4 rings (SSSR count). The molecular weight excluding hydrogens is 322 g/mol. The summed E-state index contributed by atoms with van der Waals surface area (Å²) in [5.41, 5.74) is 5.36. The molecule has 0 spiro atoms. The summed E-state index contributed by atoms with van der Waals surface area (Å²) in [5.74, 6) is 0.00717. The van der Waals surface area contributed by atoms with Crippen LogP contribution in [0.3, 0.4) is 0 Å². The van der Waals surface area contributed by atoms with E-state index in [2.05, 4.69) is 34.7 Å². The highest BCUT2D eigenvalue weighted by Crippen LogP contribution is 2.19. The number of rotatable bonds is 5. The van der Waals surface area contributed by atoms with Crippen LogP contribution >= 0.6 is 0 Å². The lowest BCUT2D eigenvalue weighted by atomic mass is 10.0. The molecule has 1 N–H and O–H groups in total. The van der Waals surface area contributed by atoms with Crippen molar-refractivity contribution in [2.75, 3.05) is 0 Å². The maximum absolute atomic E-state index is 12.3. The van der Waals surface area contributed by atoms with E-state index < -0.39 is 0 Å². The van der Waals surface area contributed by atoms with Gasteiger partial charge in [-0.15, -0.1) is 0 Å². The van der Waals surface area contributed by atoms with Crippen molar-refractivity contribution in [3.63, 3.8) is 0 Å². The third kappa shape index (κ3) is 3.49. The van der Waals surface area contributed by atoms with Crippen molar-refractivity contribution in [1.82, 2.24) is 14.9 Å². The van der Waals surface area contributed by atoms with Gasteiger partial charge < -0.3 is 5.32 Å². The van der Waals surface area contributed by atoms with Crippen LogP contribution in [0.1, 0.15) is 11.1 Å². The predicted octanol–water partition coefficient (Wildman–Crippen LogP) is 3.86. The van der Waals surface area contributed by atoms with Crippen LogP contribution in [-0.2, 0) is 17.8 Å². The monoisotopic (exact) mass is 341 g/mol. The molecule has 0 saturated heterocycles. The second kappa shape index (κ2) is 7.23. The smallest absolute Gasteiger partial charge is 0.224 e. The van der Waals surface area contributed by atoms with E-state index in [-0.39, 0.29) is 5.91 Å². The summed E-state index contributed by atoms with van der Waals surface area (Å²) >= 11 is 0. The van der Waals surface area contributed by atoms with Gasteiger partial charge in [0.1, 0.15) is 0 Å². The van der Waals surface area contributed by atoms with Gasteiger partial charge in [0.05, 0.1) is 18.1 Å². The molecule has 0 radical (unpaired) electrons. The number of benzene rings is 2. The van der Waals surface area contributed by atoms with Gasteiger partial charge in [0.15, 0.2) is 0 Å². The van der Waals surface area contributed by atoms with Gasteiger partial charge in [0.2, 0.25) is 5.91 Å². The molecule has 128 valence electrons. The topological polar surface area (TPSA) is 46.4 Å². The fourth-order valence-corrected chi connectivity index (χ4v) is 3.01. The minimum atomic E-state index is 0.00717. The lowest BCUT2D eigenvalue weighted by Crippen LogP contribution is -2.24. The Labute approximate surface area is 152 Å². The maximum Gasteiger partial charge on any atom is 0.224 e. The van der Waals surface area contributed by atoms with Crippen molar-refractivity contribution in [1.29, 1.82) is 0 Å². The molecule has 0 atom stereocenters. The van der Waals surface area contributed by atoms with Crippen molar-refractivity contribution < 1.29 is 4.79 Å². The normalized spacial score (nSPS) is 10.8. The fraction of sp³-hybridized carbons (Fsp3) is 0.0909. The molecule has 0 aliphatic carbocycles. The van der Waals surface area contributed by atoms with Gasteiger partial charge in [-0.25, -0.2) is 4.52 Å².